The van der Waals surface area contributed by atoms with Gasteiger partial charge in [0.05, 0.1) is 10.9 Å². The zero-order valence-corrected chi connectivity index (χ0v) is 7.59. The van der Waals surface area contributed by atoms with E-state index in [9.17, 15) is 18.0 Å². The molecule has 4 nitrogen and oxygen atoms in total. The van der Waals surface area contributed by atoms with Crippen LogP contribution in [0.5, 0.6) is 0 Å². The van der Waals surface area contributed by atoms with Gasteiger partial charge in [-0.3, -0.25) is 14.6 Å². The molecule has 2 aromatic heterocycles. The summed E-state index contributed by atoms with van der Waals surface area (Å²) in [5, 5.41) is 1.80. The van der Waals surface area contributed by atoms with Gasteiger partial charge < -0.3 is 0 Å². The first-order valence-corrected chi connectivity index (χ1v) is 4.02. The number of aromatic amines is 1. The molecule has 1 N–H and O–H groups in total. The lowest BCUT2D eigenvalue weighted by molar-refractivity contribution is -0.136. The molecule has 2 rings (SSSR count). The molecule has 0 aliphatic rings. The van der Waals surface area contributed by atoms with Crippen molar-refractivity contribution in [2.24, 2.45) is 7.05 Å². The van der Waals surface area contributed by atoms with Crippen LogP contribution in [0, 0.1) is 0 Å². The van der Waals surface area contributed by atoms with E-state index in [0.29, 0.717) is 0 Å². The minimum absolute atomic E-state index is 0.00479. The Morgan fingerprint density at radius 2 is 2.13 bits per heavy atom. The van der Waals surface area contributed by atoms with E-state index in [1.54, 1.807) is 0 Å². The molecule has 7 heteroatoms. The maximum atomic E-state index is 12.5. The van der Waals surface area contributed by atoms with Crippen molar-refractivity contribution in [2.75, 3.05) is 0 Å². The molecule has 2 aromatic rings. The average Bonchev–Trinajstić information content (AvgIpc) is 2.41. The molecule has 15 heavy (non-hydrogen) atoms. The SMILES string of the molecule is Cn1[nH]c(=O)c2c(C(F)(F)F)ccnc21. The van der Waals surface area contributed by atoms with Crippen molar-refractivity contribution in [3.05, 3.63) is 28.2 Å². The molecule has 0 unspecified atom stereocenters. The minimum Gasteiger partial charge on any atom is -0.270 e. The summed E-state index contributed by atoms with van der Waals surface area (Å²) in [6, 6.07) is 0.789. The van der Waals surface area contributed by atoms with Crippen molar-refractivity contribution < 1.29 is 13.2 Å². The summed E-state index contributed by atoms with van der Waals surface area (Å²) >= 11 is 0. The molecule has 0 bridgehead atoms. The molecular weight excluding hydrogens is 211 g/mol. The van der Waals surface area contributed by atoms with Crippen molar-refractivity contribution in [3.63, 3.8) is 0 Å². The first-order chi connectivity index (χ1) is 6.91. The Hall–Kier alpha value is -1.79. The fourth-order valence-corrected chi connectivity index (χ4v) is 1.43. The lowest BCUT2D eigenvalue weighted by Crippen LogP contribution is -2.10. The van der Waals surface area contributed by atoms with E-state index < -0.39 is 22.7 Å². The van der Waals surface area contributed by atoms with Crippen LogP contribution in [0.4, 0.5) is 13.2 Å². The molecule has 0 atom stereocenters. The quantitative estimate of drug-likeness (QED) is 0.722. The van der Waals surface area contributed by atoms with Gasteiger partial charge in [-0.1, -0.05) is 0 Å². The lowest BCUT2D eigenvalue weighted by atomic mass is 10.2. The van der Waals surface area contributed by atoms with Gasteiger partial charge in [-0.25, -0.2) is 4.98 Å². The fourth-order valence-electron chi connectivity index (χ4n) is 1.43. The first kappa shape index (κ1) is 9.75. The van der Waals surface area contributed by atoms with Crippen molar-refractivity contribution in [1.29, 1.82) is 0 Å². The van der Waals surface area contributed by atoms with Gasteiger partial charge in [-0.15, -0.1) is 0 Å². The smallest absolute Gasteiger partial charge is 0.270 e. The molecule has 0 saturated heterocycles. The van der Waals surface area contributed by atoms with Crippen molar-refractivity contribution in [2.45, 2.75) is 6.18 Å². The number of nitrogens with zero attached hydrogens (tertiary/aromatic N) is 2. The summed E-state index contributed by atoms with van der Waals surface area (Å²) in [7, 11) is 1.43. The zero-order valence-electron chi connectivity index (χ0n) is 7.59. The predicted molar refractivity (Wildman–Crippen MR) is 46.3 cm³/mol. The second-order valence-electron chi connectivity index (χ2n) is 3.05. The fraction of sp³-hybridized carbons (Fsp3) is 0.250. The third-order valence-electron chi connectivity index (χ3n) is 2.05. The molecule has 80 valence electrons. The number of alkyl halides is 3. The highest BCUT2D eigenvalue weighted by Gasteiger charge is 2.34. The lowest BCUT2D eigenvalue weighted by Gasteiger charge is -2.06. The number of fused-ring (bicyclic) bond motifs is 1. The first-order valence-electron chi connectivity index (χ1n) is 4.02. The predicted octanol–water partition coefficient (Wildman–Crippen LogP) is 1.28. The van der Waals surface area contributed by atoms with Gasteiger partial charge in [-0.2, -0.15) is 13.2 Å². The van der Waals surface area contributed by atoms with Gasteiger partial charge in [0.1, 0.15) is 0 Å². The van der Waals surface area contributed by atoms with E-state index in [1.165, 1.54) is 7.05 Å². The molecule has 0 amide bonds. The second kappa shape index (κ2) is 2.85. The minimum atomic E-state index is -4.55. The molecule has 0 spiro atoms. The second-order valence-corrected chi connectivity index (χ2v) is 3.05. The Morgan fingerprint density at radius 3 is 2.73 bits per heavy atom. The Labute approximate surface area is 81.3 Å². The Kier molecular flexibility index (Phi) is 1.85. The van der Waals surface area contributed by atoms with Crippen LogP contribution in [0.25, 0.3) is 11.0 Å². The van der Waals surface area contributed by atoms with Gasteiger partial charge in [0.25, 0.3) is 5.56 Å². The van der Waals surface area contributed by atoms with Crippen molar-refractivity contribution in [1.82, 2.24) is 14.8 Å². The highest BCUT2D eigenvalue weighted by atomic mass is 19.4. The molecule has 0 aliphatic carbocycles. The summed E-state index contributed by atoms with van der Waals surface area (Å²) in [6.45, 7) is 0. The maximum absolute atomic E-state index is 12.5. The normalized spacial score (nSPS) is 12.3. The Balaban J connectivity index is 2.94. The number of rotatable bonds is 0. The van der Waals surface area contributed by atoms with E-state index in [2.05, 4.69) is 10.1 Å². The number of aryl methyl sites for hydroxylation is 1. The summed E-state index contributed by atoms with van der Waals surface area (Å²) < 4.78 is 38.7. The molecule has 2 heterocycles. The summed E-state index contributed by atoms with van der Waals surface area (Å²) in [5.74, 6) is 0. The van der Waals surface area contributed by atoms with Gasteiger partial charge in [0.15, 0.2) is 5.65 Å². The number of halogens is 3. The Morgan fingerprint density at radius 1 is 1.47 bits per heavy atom. The van der Waals surface area contributed by atoms with Gasteiger partial charge >= 0.3 is 6.18 Å². The summed E-state index contributed by atoms with van der Waals surface area (Å²) in [6.07, 6.45) is -3.52. The highest BCUT2D eigenvalue weighted by Crippen LogP contribution is 2.32. The third-order valence-corrected chi connectivity index (χ3v) is 2.05. The molecule has 0 aliphatic heterocycles. The zero-order chi connectivity index (χ0) is 11.2. The van der Waals surface area contributed by atoms with Crippen LogP contribution in [0.2, 0.25) is 0 Å². The van der Waals surface area contributed by atoms with Crippen LogP contribution in [-0.4, -0.2) is 14.8 Å². The van der Waals surface area contributed by atoms with Crippen molar-refractivity contribution in [3.8, 4) is 0 Å². The van der Waals surface area contributed by atoms with Gasteiger partial charge in [0, 0.05) is 13.2 Å². The number of pyridine rings is 1. The topological polar surface area (TPSA) is 50.7 Å². The molecule has 0 fully saturated rings. The number of nitrogens with one attached hydrogen (secondary N) is 1. The third kappa shape index (κ3) is 1.39. The van der Waals surface area contributed by atoms with Crippen LogP contribution in [0.1, 0.15) is 5.56 Å². The molecule has 0 aromatic carbocycles. The van der Waals surface area contributed by atoms with E-state index in [0.717, 1.165) is 16.9 Å². The van der Waals surface area contributed by atoms with E-state index >= 15 is 0 Å². The molecule has 0 saturated carbocycles. The Bertz CT molecular complexity index is 566. The number of hydrogen-bond donors (Lipinski definition) is 1. The number of H-pyrrole nitrogens is 1. The molecular formula is C8H6F3N3O. The summed E-state index contributed by atoms with van der Waals surface area (Å²) in [4.78, 5) is 15.0. The summed E-state index contributed by atoms with van der Waals surface area (Å²) in [5.41, 5.74) is -1.75. The highest BCUT2D eigenvalue weighted by molar-refractivity contribution is 5.78. The molecule has 0 radical (unpaired) electrons. The van der Waals surface area contributed by atoms with Crippen LogP contribution in [0.15, 0.2) is 17.1 Å². The monoisotopic (exact) mass is 217 g/mol. The van der Waals surface area contributed by atoms with Crippen molar-refractivity contribution >= 4 is 11.0 Å². The van der Waals surface area contributed by atoms with E-state index in [4.69, 9.17) is 0 Å². The van der Waals surface area contributed by atoms with E-state index in [-0.39, 0.29) is 5.65 Å². The average molecular weight is 217 g/mol. The van der Waals surface area contributed by atoms with Crippen LogP contribution < -0.4 is 5.56 Å². The standard InChI is InChI=1S/C8H6F3N3O/c1-14-6-5(7(15)13-14)4(2-3-12-6)8(9,10)11/h2-3H,1H3,(H,13,15). The van der Waals surface area contributed by atoms with E-state index in [1.807, 2.05) is 0 Å². The maximum Gasteiger partial charge on any atom is 0.417 e. The van der Waals surface area contributed by atoms with Crippen LogP contribution in [0.3, 0.4) is 0 Å². The van der Waals surface area contributed by atoms with Gasteiger partial charge in [0.2, 0.25) is 0 Å². The number of aromatic nitrogens is 3. The largest absolute Gasteiger partial charge is 0.417 e. The van der Waals surface area contributed by atoms with Crippen LogP contribution >= 0.6 is 0 Å². The van der Waals surface area contributed by atoms with Gasteiger partial charge in [-0.05, 0) is 6.07 Å². The van der Waals surface area contributed by atoms with Crippen LogP contribution in [-0.2, 0) is 13.2 Å². The number of hydrogen-bond acceptors (Lipinski definition) is 2.